The highest BCUT2D eigenvalue weighted by molar-refractivity contribution is 5.94. The Bertz CT molecular complexity index is 1450. The van der Waals surface area contributed by atoms with E-state index in [2.05, 4.69) is 75.9 Å². The van der Waals surface area contributed by atoms with Crippen molar-refractivity contribution in [1.29, 1.82) is 0 Å². The van der Waals surface area contributed by atoms with E-state index in [1.807, 2.05) is 29.3 Å². The predicted molar refractivity (Wildman–Crippen MR) is 168 cm³/mol. The molecule has 6 rings (SSSR count). The fourth-order valence-corrected chi connectivity index (χ4v) is 6.25. The second-order valence-corrected chi connectivity index (χ2v) is 11.3. The number of likely N-dealkylation sites (N-methyl/N-ethyl adjacent to an activating group) is 1. The van der Waals surface area contributed by atoms with Gasteiger partial charge >= 0.3 is 6.03 Å². The summed E-state index contributed by atoms with van der Waals surface area (Å²) in [6.07, 6.45) is 4.58. The Labute approximate surface area is 248 Å². The van der Waals surface area contributed by atoms with Crippen LogP contribution in [0.1, 0.15) is 30.5 Å². The molecule has 0 spiro atoms. The Kier molecular flexibility index (Phi) is 7.64. The van der Waals surface area contributed by atoms with Crippen LogP contribution in [0.2, 0.25) is 0 Å². The van der Waals surface area contributed by atoms with Crippen LogP contribution in [0.5, 0.6) is 5.75 Å². The number of ether oxygens (including phenoxy) is 1. The van der Waals surface area contributed by atoms with Gasteiger partial charge in [0.2, 0.25) is 5.95 Å². The Balaban J connectivity index is 1.21. The molecule has 0 radical (unpaired) electrons. The first kappa shape index (κ1) is 27.8. The lowest BCUT2D eigenvalue weighted by Gasteiger charge is -2.45. The second kappa shape index (κ2) is 11.5. The summed E-state index contributed by atoms with van der Waals surface area (Å²) in [6, 6.07) is 14.4. The molecule has 0 bridgehead atoms. The first-order valence-electron chi connectivity index (χ1n) is 14.6. The van der Waals surface area contributed by atoms with Crippen LogP contribution in [0, 0.1) is 0 Å². The van der Waals surface area contributed by atoms with Crippen LogP contribution >= 0.6 is 0 Å². The molecular weight excluding hydrogens is 528 g/mol. The van der Waals surface area contributed by atoms with Crippen LogP contribution in [-0.4, -0.2) is 85.8 Å². The van der Waals surface area contributed by atoms with Crippen molar-refractivity contribution in [3.8, 4) is 5.75 Å². The van der Waals surface area contributed by atoms with E-state index in [1.54, 1.807) is 19.1 Å². The Morgan fingerprint density at radius 2 is 1.83 bits per heavy atom. The van der Waals surface area contributed by atoms with Gasteiger partial charge in [0.1, 0.15) is 11.6 Å². The lowest BCUT2D eigenvalue weighted by molar-refractivity contribution is 0.168. The van der Waals surface area contributed by atoms with Gasteiger partial charge in [-0.1, -0.05) is 18.2 Å². The zero-order valence-electron chi connectivity index (χ0n) is 25.0. The summed E-state index contributed by atoms with van der Waals surface area (Å²) in [5, 5.41) is 3.32. The van der Waals surface area contributed by atoms with Gasteiger partial charge in [0.15, 0.2) is 0 Å². The normalized spacial score (nSPS) is 19.7. The number of rotatable bonds is 7. The number of hydrogen-bond acceptors (Lipinski definition) is 8. The average Bonchev–Trinajstić information content (AvgIpc) is 3.02. The van der Waals surface area contributed by atoms with Gasteiger partial charge in [-0.15, -0.1) is 6.58 Å². The number of nitrogens with zero attached hydrogens (tertiary/aromatic N) is 7. The summed E-state index contributed by atoms with van der Waals surface area (Å²) < 4.78 is 5.76. The van der Waals surface area contributed by atoms with Crippen molar-refractivity contribution in [1.82, 2.24) is 19.8 Å². The lowest BCUT2D eigenvalue weighted by atomic mass is 9.92. The highest BCUT2D eigenvalue weighted by atomic mass is 16.5. The zero-order valence-corrected chi connectivity index (χ0v) is 25.0. The molecule has 42 heavy (non-hydrogen) atoms. The van der Waals surface area contributed by atoms with E-state index in [4.69, 9.17) is 9.72 Å². The Hall–Kier alpha value is -4.31. The number of para-hydroxylation sites is 1. The van der Waals surface area contributed by atoms with Crippen LogP contribution in [0.4, 0.5) is 33.6 Å². The smallest absolute Gasteiger partial charge is 0.326 e. The van der Waals surface area contributed by atoms with Crippen molar-refractivity contribution in [2.24, 2.45) is 0 Å². The molecule has 1 unspecified atom stereocenters. The molecule has 3 aliphatic heterocycles. The molecular formula is C32H40N8O2. The number of aromatic nitrogens is 2. The quantitative estimate of drug-likeness (QED) is 0.404. The topological polar surface area (TPSA) is 80.3 Å². The van der Waals surface area contributed by atoms with Crippen molar-refractivity contribution < 1.29 is 9.53 Å². The number of amides is 2. The minimum Gasteiger partial charge on any atom is -0.495 e. The first-order chi connectivity index (χ1) is 20.4. The van der Waals surface area contributed by atoms with E-state index in [-0.39, 0.29) is 18.1 Å². The number of piperazine rings is 1. The average molecular weight is 569 g/mol. The maximum absolute atomic E-state index is 13.8. The number of benzene rings is 2. The monoisotopic (exact) mass is 568 g/mol. The van der Waals surface area contributed by atoms with Gasteiger partial charge in [0.05, 0.1) is 25.4 Å². The number of hydrogen-bond donors (Lipinski definition) is 1. The molecule has 4 heterocycles. The maximum atomic E-state index is 13.8. The molecule has 1 saturated heterocycles. The molecule has 3 aromatic rings. The van der Waals surface area contributed by atoms with Gasteiger partial charge in [-0.2, -0.15) is 4.98 Å². The lowest BCUT2D eigenvalue weighted by Crippen LogP contribution is -2.50. The number of nitrogens with one attached hydrogen (secondary N) is 1. The molecule has 2 aromatic carbocycles. The molecule has 2 atom stereocenters. The van der Waals surface area contributed by atoms with Crippen LogP contribution in [-0.2, 0) is 6.54 Å². The van der Waals surface area contributed by atoms with Crippen LogP contribution in [0.3, 0.4) is 0 Å². The fourth-order valence-electron chi connectivity index (χ4n) is 6.25. The van der Waals surface area contributed by atoms with Gasteiger partial charge in [0.25, 0.3) is 0 Å². The second-order valence-electron chi connectivity index (χ2n) is 11.3. The molecule has 2 amide bonds. The van der Waals surface area contributed by atoms with Crippen LogP contribution in [0.15, 0.2) is 61.3 Å². The van der Waals surface area contributed by atoms with E-state index in [0.29, 0.717) is 18.3 Å². The standard InChI is InChI=1S/C32H40N8O2/c1-6-22(2)39-15-14-27(26-8-7-9-28(42-5)29(26)39)40-21-23-20-33-31(35-30(23)37(4)32(40)41)34-24-10-12-25(13-11-24)38-18-16-36(3)17-19-38/h6-13,20,22,27H,1,14-19,21H2,2-5H3,(H,33,34,35)/t22?,27-/m0/s1. The molecule has 10 heteroatoms. The summed E-state index contributed by atoms with van der Waals surface area (Å²) >= 11 is 0. The number of carbonyl (C=O) groups excluding carboxylic acids is 1. The number of carbonyl (C=O) groups is 1. The highest BCUT2D eigenvalue weighted by Gasteiger charge is 2.39. The minimum atomic E-state index is -0.0944. The number of anilines is 5. The number of urea groups is 1. The molecule has 3 aliphatic rings. The first-order valence-corrected chi connectivity index (χ1v) is 14.6. The van der Waals surface area contributed by atoms with E-state index in [1.165, 1.54) is 5.69 Å². The van der Waals surface area contributed by atoms with Crippen LogP contribution < -0.4 is 24.8 Å². The molecule has 1 N–H and O–H groups in total. The predicted octanol–water partition coefficient (Wildman–Crippen LogP) is 4.88. The summed E-state index contributed by atoms with van der Waals surface area (Å²) in [4.78, 5) is 33.8. The molecule has 10 nitrogen and oxygen atoms in total. The molecule has 0 saturated carbocycles. The van der Waals surface area contributed by atoms with E-state index in [9.17, 15) is 4.79 Å². The zero-order chi connectivity index (χ0) is 29.4. The van der Waals surface area contributed by atoms with Crippen molar-refractivity contribution >= 4 is 34.9 Å². The summed E-state index contributed by atoms with van der Waals surface area (Å²) in [6.45, 7) is 11.6. The molecule has 220 valence electrons. The van der Waals surface area contributed by atoms with Gasteiger partial charge in [-0.3, -0.25) is 4.90 Å². The maximum Gasteiger partial charge on any atom is 0.326 e. The fraction of sp³-hybridized carbons (Fsp3) is 0.406. The molecule has 1 fully saturated rings. The number of methoxy groups -OCH3 is 1. The Morgan fingerprint density at radius 1 is 1.07 bits per heavy atom. The van der Waals surface area contributed by atoms with Crippen molar-refractivity contribution in [3.63, 3.8) is 0 Å². The van der Waals surface area contributed by atoms with Crippen LogP contribution in [0.25, 0.3) is 0 Å². The summed E-state index contributed by atoms with van der Waals surface area (Å²) in [7, 11) is 5.64. The Morgan fingerprint density at radius 3 is 2.55 bits per heavy atom. The van der Waals surface area contributed by atoms with E-state index >= 15 is 0 Å². The molecule has 1 aromatic heterocycles. The van der Waals surface area contributed by atoms with E-state index < -0.39 is 0 Å². The van der Waals surface area contributed by atoms with Crippen molar-refractivity contribution in [2.75, 3.05) is 73.9 Å². The highest BCUT2D eigenvalue weighted by Crippen LogP contribution is 2.45. The van der Waals surface area contributed by atoms with Crippen molar-refractivity contribution in [2.45, 2.75) is 32.0 Å². The van der Waals surface area contributed by atoms with Gasteiger partial charge in [-0.25, -0.2) is 9.78 Å². The third-order valence-corrected chi connectivity index (χ3v) is 8.77. The third-order valence-electron chi connectivity index (χ3n) is 8.77. The number of fused-ring (bicyclic) bond motifs is 2. The van der Waals surface area contributed by atoms with Gasteiger partial charge < -0.3 is 29.7 Å². The largest absolute Gasteiger partial charge is 0.495 e. The summed E-state index contributed by atoms with van der Waals surface area (Å²) in [5.74, 6) is 1.90. The SMILES string of the molecule is C=CC(C)N1CC[C@H](N2Cc3cnc(Nc4ccc(N5CCN(C)CC5)cc4)nc3N(C)C2=O)c2cccc(OC)c21. The van der Waals surface area contributed by atoms with Crippen molar-refractivity contribution in [3.05, 3.63) is 72.4 Å². The summed E-state index contributed by atoms with van der Waals surface area (Å²) in [5.41, 5.74) is 5.15. The van der Waals surface area contributed by atoms with Gasteiger partial charge in [-0.05, 0) is 50.7 Å². The van der Waals surface area contributed by atoms with E-state index in [0.717, 1.165) is 67.4 Å². The van der Waals surface area contributed by atoms with Gasteiger partial charge in [0, 0.05) is 74.5 Å². The third kappa shape index (κ3) is 5.11. The molecule has 0 aliphatic carbocycles. The minimum absolute atomic E-state index is 0.0762.